The van der Waals surface area contributed by atoms with Gasteiger partial charge in [0.15, 0.2) is 0 Å². The van der Waals surface area contributed by atoms with Crippen molar-refractivity contribution in [3.8, 4) is 0 Å². The Bertz CT molecular complexity index is 921. The van der Waals surface area contributed by atoms with E-state index in [0.717, 1.165) is 41.8 Å². The van der Waals surface area contributed by atoms with E-state index in [1.54, 1.807) is 6.07 Å². The van der Waals surface area contributed by atoms with Crippen molar-refractivity contribution in [2.75, 3.05) is 6.54 Å². The molecule has 0 unspecified atom stereocenters. The average molecular weight is 358 g/mol. The number of fused-ring (bicyclic) bond motifs is 2. The molecule has 1 amide bonds. The van der Waals surface area contributed by atoms with Gasteiger partial charge in [0.2, 0.25) is 0 Å². The summed E-state index contributed by atoms with van der Waals surface area (Å²) in [5.74, 6) is -0.172. The summed E-state index contributed by atoms with van der Waals surface area (Å²) in [7, 11) is 1.92. The standard InChI is InChI=1S/C18H19N5O.ClH/c1-23-7-5-13-2-3-16(22-17(13)23)18(24)21-10-12-8-14-11-19-6-4-15(14)20-9-12;/h2-3,5,7-9,19H,4,6,10-11H2,1H3,(H,21,24);1H. The third-order valence-electron chi connectivity index (χ3n) is 4.37. The van der Waals surface area contributed by atoms with Gasteiger partial charge >= 0.3 is 0 Å². The Morgan fingerprint density at radius 2 is 2.24 bits per heavy atom. The fourth-order valence-corrected chi connectivity index (χ4v) is 3.03. The van der Waals surface area contributed by atoms with E-state index in [1.165, 1.54) is 5.56 Å². The molecular weight excluding hydrogens is 338 g/mol. The summed E-state index contributed by atoms with van der Waals surface area (Å²) in [5, 5.41) is 7.29. The van der Waals surface area contributed by atoms with E-state index >= 15 is 0 Å². The van der Waals surface area contributed by atoms with Crippen LogP contribution >= 0.6 is 12.4 Å². The maximum absolute atomic E-state index is 12.4. The lowest BCUT2D eigenvalue weighted by atomic mass is 10.1. The molecule has 0 aliphatic carbocycles. The molecule has 0 spiro atoms. The number of rotatable bonds is 3. The number of carbonyl (C=O) groups is 1. The zero-order chi connectivity index (χ0) is 16.5. The van der Waals surface area contributed by atoms with Crippen LogP contribution in [0.25, 0.3) is 11.0 Å². The van der Waals surface area contributed by atoms with Crippen molar-refractivity contribution in [1.82, 2.24) is 25.2 Å². The van der Waals surface area contributed by atoms with Crippen molar-refractivity contribution in [3.05, 3.63) is 59.2 Å². The third-order valence-corrected chi connectivity index (χ3v) is 4.37. The Morgan fingerprint density at radius 3 is 3.12 bits per heavy atom. The smallest absolute Gasteiger partial charge is 0.270 e. The molecule has 130 valence electrons. The number of carbonyl (C=O) groups excluding carboxylic acids is 1. The zero-order valence-electron chi connectivity index (χ0n) is 14.0. The van der Waals surface area contributed by atoms with Crippen molar-refractivity contribution < 1.29 is 4.79 Å². The molecule has 6 nitrogen and oxygen atoms in total. The third kappa shape index (κ3) is 3.50. The monoisotopic (exact) mass is 357 g/mol. The van der Waals surface area contributed by atoms with Crippen LogP contribution in [-0.4, -0.2) is 27.0 Å². The molecule has 25 heavy (non-hydrogen) atoms. The molecule has 1 aliphatic heterocycles. The zero-order valence-corrected chi connectivity index (χ0v) is 14.8. The van der Waals surface area contributed by atoms with Crippen LogP contribution in [-0.2, 0) is 26.6 Å². The number of hydrogen-bond donors (Lipinski definition) is 2. The summed E-state index contributed by atoms with van der Waals surface area (Å²) in [6.07, 6.45) is 4.74. The summed E-state index contributed by atoms with van der Waals surface area (Å²) in [5.41, 5.74) is 4.61. The molecular formula is C18H20ClN5O. The van der Waals surface area contributed by atoms with Crippen molar-refractivity contribution in [2.24, 2.45) is 7.05 Å². The SMILES string of the molecule is Cl.Cn1ccc2ccc(C(=O)NCc3cnc4c(c3)CNCC4)nc21. The Hall–Kier alpha value is -2.44. The highest BCUT2D eigenvalue weighted by atomic mass is 35.5. The molecule has 4 rings (SSSR count). The van der Waals surface area contributed by atoms with Gasteiger partial charge in [0.1, 0.15) is 11.3 Å². The molecule has 0 atom stereocenters. The van der Waals surface area contributed by atoms with E-state index in [9.17, 15) is 4.79 Å². The van der Waals surface area contributed by atoms with Gasteiger partial charge < -0.3 is 15.2 Å². The molecule has 4 heterocycles. The second-order valence-electron chi connectivity index (χ2n) is 6.09. The van der Waals surface area contributed by atoms with Gasteiger partial charge in [-0.1, -0.05) is 0 Å². The van der Waals surface area contributed by atoms with Crippen molar-refractivity contribution in [3.63, 3.8) is 0 Å². The maximum Gasteiger partial charge on any atom is 0.270 e. The molecule has 1 aliphatic rings. The highest BCUT2D eigenvalue weighted by Gasteiger charge is 2.12. The van der Waals surface area contributed by atoms with Crippen molar-refractivity contribution >= 4 is 29.3 Å². The Kier molecular flexibility index (Phi) is 5.01. The molecule has 0 fully saturated rings. The Labute approximate surface area is 152 Å². The lowest BCUT2D eigenvalue weighted by Crippen LogP contribution is -2.26. The van der Waals surface area contributed by atoms with E-state index in [0.29, 0.717) is 12.2 Å². The molecule has 2 N–H and O–H groups in total. The number of nitrogens with zero attached hydrogens (tertiary/aromatic N) is 3. The summed E-state index contributed by atoms with van der Waals surface area (Å²) in [6, 6.07) is 7.77. The topological polar surface area (TPSA) is 71.8 Å². The maximum atomic E-state index is 12.4. The second kappa shape index (κ2) is 7.21. The first-order valence-electron chi connectivity index (χ1n) is 8.08. The predicted octanol–water partition coefficient (Wildman–Crippen LogP) is 1.97. The molecule has 7 heteroatoms. The van der Waals surface area contributed by atoms with Gasteiger partial charge in [0.05, 0.1) is 0 Å². The number of hydrogen-bond acceptors (Lipinski definition) is 4. The quantitative estimate of drug-likeness (QED) is 0.751. The number of amides is 1. The van der Waals surface area contributed by atoms with Gasteiger partial charge in [-0.15, -0.1) is 12.4 Å². The number of halogens is 1. The van der Waals surface area contributed by atoms with Crippen LogP contribution in [0.15, 0.2) is 36.7 Å². The van der Waals surface area contributed by atoms with Crippen LogP contribution < -0.4 is 10.6 Å². The highest BCUT2D eigenvalue weighted by Crippen LogP contribution is 2.14. The average Bonchev–Trinajstić information content (AvgIpc) is 3.00. The number of pyridine rings is 2. The number of aryl methyl sites for hydroxylation is 1. The van der Waals surface area contributed by atoms with Gasteiger partial charge in [-0.2, -0.15) is 0 Å². The summed E-state index contributed by atoms with van der Waals surface area (Å²) in [6.45, 7) is 2.27. The number of aromatic nitrogens is 3. The van der Waals surface area contributed by atoms with Gasteiger partial charge in [-0.05, 0) is 35.4 Å². The van der Waals surface area contributed by atoms with E-state index in [-0.39, 0.29) is 18.3 Å². The van der Waals surface area contributed by atoms with Gasteiger partial charge in [-0.3, -0.25) is 9.78 Å². The van der Waals surface area contributed by atoms with Crippen LogP contribution in [0.2, 0.25) is 0 Å². The molecule has 3 aromatic heterocycles. The lowest BCUT2D eigenvalue weighted by Gasteiger charge is -2.16. The van der Waals surface area contributed by atoms with Crippen LogP contribution in [0.5, 0.6) is 0 Å². The highest BCUT2D eigenvalue weighted by molar-refractivity contribution is 5.94. The minimum absolute atomic E-state index is 0. The van der Waals surface area contributed by atoms with E-state index in [1.807, 2.05) is 36.1 Å². The first kappa shape index (κ1) is 17.4. The first-order chi connectivity index (χ1) is 11.7. The van der Waals surface area contributed by atoms with Crippen LogP contribution in [0.4, 0.5) is 0 Å². The van der Waals surface area contributed by atoms with Gasteiger partial charge in [0.25, 0.3) is 5.91 Å². The first-order valence-corrected chi connectivity index (χ1v) is 8.08. The summed E-state index contributed by atoms with van der Waals surface area (Å²) in [4.78, 5) is 21.3. The van der Waals surface area contributed by atoms with Crippen LogP contribution in [0.3, 0.4) is 0 Å². The minimum Gasteiger partial charge on any atom is -0.347 e. The lowest BCUT2D eigenvalue weighted by molar-refractivity contribution is 0.0946. The molecule has 0 aromatic carbocycles. The summed E-state index contributed by atoms with van der Waals surface area (Å²) >= 11 is 0. The number of nitrogens with one attached hydrogen (secondary N) is 2. The van der Waals surface area contributed by atoms with Gasteiger partial charge in [-0.25, -0.2) is 4.98 Å². The normalized spacial score (nSPS) is 13.2. The van der Waals surface area contributed by atoms with Gasteiger partial charge in [0, 0.05) is 56.6 Å². The van der Waals surface area contributed by atoms with E-state index in [2.05, 4.69) is 26.7 Å². The Morgan fingerprint density at radius 1 is 1.36 bits per heavy atom. The largest absolute Gasteiger partial charge is 0.347 e. The fraction of sp³-hybridized carbons (Fsp3) is 0.278. The van der Waals surface area contributed by atoms with E-state index < -0.39 is 0 Å². The molecule has 0 saturated heterocycles. The Balaban J connectivity index is 0.00000182. The second-order valence-corrected chi connectivity index (χ2v) is 6.09. The molecule has 0 radical (unpaired) electrons. The fourth-order valence-electron chi connectivity index (χ4n) is 3.03. The molecule has 3 aromatic rings. The van der Waals surface area contributed by atoms with E-state index in [4.69, 9.17) is 0 Å². The minimum atomic E-state index is -0.172. The molecule has 0 bridgehead atoms. The predicted molar refractivity (Wildman–Crippen MR) is 98.8 cm³/mol. The van der Waals surface area contributed by atoms with Crippen LogP contribution in [0.1, 0.15) is 27.3 Å². The van der Waals surface area contributed by atoms with Crippen molar-refractivity contribution in [1.29, 1.82) is 0 Å². The van der Waals surface area contributed by atoms with Crippen molar-refractivity contribution in [2.45, 2.75) is 19.5 Å². The van der Waals surface area contributed by atoms with Crippen LogP contribution in [0, 0.1) is 0 Å². The molecule has 0 saturated carbocycles. The summed E-state index contributed by atoms with van der Waals surface area (Å²) < 4.78 is 1.91.